The molecular formula is C12H12F2N2. The standard InChI is InChI=1S/C12H12F2N2/c13-10-2-1-9(7-11(10)14)16-8-12(3-4-12)5-6-15/h1-2,7,16H,3-5,8H2. The normalized spacial score (nSPS) is 16.6. The van der Waals surface area contributed by atoms with Gasteiger partial charge in [0.25, 0.3) is 0 Å². The largest absolute Gasteiger partial charge is 0.384 e. The van der Waals surface area contributed by atoms with E-state index in [2.05, 4.69) is 11.4 Å². The Bertz CT molecular complexity index is 433. The third-order valence-electron chi connectivity index (χ3n) is 3.00. The summed E-state index contributed by atoms with van der Waals surface area (Å²) in [5.41, 5.74) is 0.614. The number of rotatable bonds is 4. The quantitative estimate of drug-likeness (QED) is 0.849. The molecule has 16 heavy (non-hydrogen) atoms. The van der Waals surface area contributed by atoms with Gasteiger partial charge in [0.05, 0.1) is 6.07 Å². The first-order chi connectivity index (χ1) is 7.65. The fraction of sp³-hybridized carbons (Fsp3) is 0.417. The molecule has 1 aliphatic rings. The second-order valence-electron chi connectivity index (χ2n) is 4.32. The number of nitrogens with one attached hydrogen (secondary N) is 1. The zero-order valence-electron chi connectivity index (χ0n) is 8.76. The predicted octanol–water partition coefficient (Wildman–Crippen LogP) is 3.07. The topological polar surface area (TPSA) is 35.8 Å². The summed E-state index contributed by atoms with van der Waals surface area (Å²) in [6, 6.07) is 5.89. The zero-order chi connectivity index (χ0) is 11.6. The summed E-state index contributed by atoms with van der Waals surface area (Å²) in [7, 11) is 0. The van der Waals surface area contributed by atoms with E-state index in [0.29, 0.717) is 18.7 Å². The molecule has 0 saturated heterocycles. The van der Waals surface area contributed by atoms with Crippen LogP contribution in [0.4, 0.5) is 14.5 Å². The molecule has 0 atom stereocenters. The minimum atomic E-state index is -0.852. The second kappa shape index (κ2) is 4.09. The van der Waals surface area contributed by atoms with E-state index in [4.69, 9.17) is 5.26 Å². The Hall–Kier alpha value is -1.63. The van der Waals surface area contributed by atoms with Crippen LogP contribution in [0.15, 0.2) is 18.2 Å². The van der Waals surface area contributed by atoms with Gasteiger partial charge in [0, 0.05) is 24.1 Å². The summed E-state index contributed by atoms with van der Waals surface area (Å²) in [5, 5.41) is 11.7. The number of hydrogen-bond acceptors (Lipinski definition) is 2. The highest BCUT2D eigenvalue weighted by Crippen LogP contribution is 2.48. The van der Waals surface area contributed by atoms with Crippen molar-refractivity contribution < 1.29 is 8.78 Å². The first-order valence-corrected chi connectivity index (χ1v) is 5.21. The molecule has 1 fully saturated rings. The summed E-state index contributed by atoms with van der Waals surface area (Å²) in [5.74, 6) is -1.70. The molecule has 1 aromatic rings. The Morgan fingerprint density at radius 3 is 2.62 bits per heavy atom. The molecule has 0 heterocycles. The van der Waals surface area contributed by atoms with Crippen LogP contribution in [0.5, 0.6) is 0 Å². The van der Waals surface area contributed by atoms with Crippen LogP contribution >= 0.6 is 0 Å². The van der Waals surface area contributed by atoms with E-state index in [1.807, 2.05) is 0 Å². The first kappa shape index (κ1) is 10.9. The van der Waals surface area contributed by atoms with Crippen LogP contribution in [-0.4, -0.2) is 6.54 Å². The van der Waals surface area contributed by atoms with E-state index in [9.17, 15) is 8.78 Å². The maximum absolute atomic E-state index is 12.9. The molecule has 0 unspecified atom stereocenters. The Morgan fingerprint density at radius 2 is 2.06 bits per heavy atom. The highest BCUT2D eigenvalue weighted by Gasteiger charge is 2.42. The van der Waals surface area contributed by atoms with Crippen molar-refractivity contribution in [2.24, 2.45) is 5.41 Å². The van der Waals surface area contributed by atoms with Crippen LogP contribution in [0, 0.1) is 28.4 Å². The van der Waals surface area contributed by atoms with E-state index in [1.54, 1.807) is 0 Å². The Morgan fingerprint density at radius 1 is 1.31 bits per heavy atom. The average Bonchev–Trinajstić information content (AvgIpc) is 3.01. The Balaban J connectivity index is 1.95. The number of hydrogen-bond donors (Lipinski definition) is 1. The Kier molecular flexibility index (Phi) is 2.78. The molecule has 4 heteroatoms. The van der Waals surface area contributed by atoms with Gasteiger partial charge in [-0.25, -0.2) is 8.78 Å². The van der Waals surface area contributed by atoms with Gasteiger partial charge in [-0.15, -0.1) is 0 Å². The highest BCUT2D eigenvalue weighted by molar-refractivity contribution is 5.44. The maximum Gasteiger partial charge on any atom is 0.160 e. The predicted molar refractivity (Wildman–Crippen MR) is 56.7 cm³/mol. The number of nitriles is 1. The minimum absolute atomic E-state index is 0.0552. The van der Waals surface area contributed by atoms with Crippen LogP contribution in [0.2, 0.25) is 0 Å². The van der Waals surface area contributed by atoms with Crippen LogP contribution in [0.1, 0.15) is 19.3 Å². The molecule has 1 saturated carbocycles. The lowest BCUT2D eigenvalue weighted by molar-refractivity contribution is 0.508. The van der Waals surface area contributed by atoms with Crippen molar-refractivity contribution >= 4 is 5.69 Å². The first-order valence-electron chi connectivity index (χ1n) is 5.21. The van der Waals surface area contributed by atoms with Crippen molar-refractivity contribution in [2.75, 3.05) is 11.9 Å². The molecule has 0 spiro atoms. The fourth-order valence-electron chi connectivity index (χ4n) is 1.66. The van der Waals surface area contributed by atoms with Gasteiger partial charge in [-0.2, -0.15) is 5.26 Å². The van der Waals surface area contributed by atoms with E-state index < -0.39 is 11.6 Å². The average molecular weight is 222 g/mol. The van der Waals surface area contributed by atoms with Gasteiger partial charge in [-0.3, -0.25) is 0 Å². The lowest BCUT2D eigenvalue weighted by Crippen LogP contribution is -2.14. The molecule has 0 aliphatic heterocycles. The molecular weight excluding hydrogens is 210 g/mol. The fourth-order valence-corrected chi connectivity index (χ4v) is 1.66. The zero-order valence-corrected chi connectivity index (χ0v) is 8.76. The Labute approximate surface area is 92.9 Å². The van der Waals surface area contributed by atoms with Gasteiger partial charge in [-0.05, 0) is 31.0 Å². The van der Waals surface area contributed by atoms with Crippen molar-refractivity contribution in [3.8, 4) is 6.07 Å². The second-order valence-corrected chi connectivity index (χ2v) is 4.32. The lowest BCUT2D eigenvalue weighted by Gasteiger charge is -2.13. The van der Waals surface area contributed by atoms with Crippen molar-refractivity contribution in [1.29, 1.82) is 5.26 Å². The van der Waals surface area contributed by atoms with E-state index in [-0.39, 0.29) is 5.41 Å². The molecule has 0 aromatic heterocycles. The summed E-state index contributed by atoms with van der Waals surface area (Å²) in [6.45, 7) is 0.644. The van der Waals surface area contributed by atoms with E-state index in [0.717, 1.165) is 25.0 Å². The van der Waals surface area contributed by atoms with Gasteiger partial charge in [0.2, 0.25) is 0 Å². The molecule has 0 amide bonds. The highest BCUT2D eigenvalue weighted by atomic mass is 19.2. The van der Waals surface area contributed by atoms with Crippen molar-refractivity contribution in [1.82, 2.24) is 0 Å². The van der Waals surface area contributed by atoms with Gasteiger partial charge < -0.3 is 5.32 Å². The van der Waals surface area contributed by atoms with Gasteiger partial charge in [-0.1, -0.05) is 0 Å². The summed E-state index contributed by atoms with van der Waals surface area (Å²) in [4.78, 5) is 0. The summed E-state index contributed by atoms with van der Waals surface area (Å²) in [6.07, 6.45) is 2.57. The van der Waals surface area contributed by atoms with Crippen molar-refractivity contribution in [3.63, 3.8) is 0 Å². The van der Waals surface area contributed by atoms with Crippen LogP contribution in [-0.2, 0) is 0 Å². The van der Waals surface area contributed by atoms with Crippen molar-refractivity contribution in [3.05, 3.63) is 29.8 Å². The number of nitrogens with zero attached hydrogens (tertiary/aromatic N) is 1. The van der Waals surface area contributed by atoms with Gasteiger partial charge >= 0.3 is 0 Å². The van der Waals surface area contributed by atoms with E-state index in [1.165, 1.54) is 6.07 Å². The molecule has 84 valence electrons. The van der Waals surface area contributed by atoms with Gasteiger partial charge in [0.15, 0.2) is 11.6 Å². The smallest absolute Gasteiger partial charge is 0.160 e. The molecule has 0 radical (unpaired) electrons. The minimum Gasteiger partial charge on any atom is -0.384 e. The molecule has 2 nitrogen and oxygen atoms in total. The maximum atomic E-state index is 12.9. The van der Waals surface area contributed by atoms with Crippen molar-refractivity contribution in [2.45, 2.75) is 19.3 Å². The molecule has 0 bridgehead atoms. The summed E-state index contributed by atoms with van der Waals surface area (Å²) >= 11 is 0. The van der Waals surface area contributed by atoms with Crippen LogP contribution in [0.3, 0.4) is 0 Å². The third kappa shape index (κ3) is 2.30. The molecule has 1 aromatic carbocycles. The number of benzene rings is 1. The number of anilines is 1. The van der Waals surface area contributed by atoms with Crippen LogP contribution < -0.4 is 5.32 Å². The SMILES string of the molecule is N#CCC1(CNc2ccc(F)c(F)c2)CC1. The third-order valence-corrected chi connectivity index (χ3v) is 3.00. The van der Waals surface area contributed by atoms with Gasteiger partial charge in [0.1, 0.15) is 0 Å². The molecule has 1 aliphatic carbocycles. The molecule has 2 rings (SSSR count). The van der Waals surface area contributed by atoms with Crippen LogP contribution in [0.25, 0.3) is 0 Å². The molecule has 1 N–H and O–H groups in total. The number of halogens is 2. The summed E-state index contributed by atoms with van der Waals surface area (Å²) < 4.78 is 25.6. The lowest BCUT2D eigenvalue weighted by atomic mass is 10.0. The monoisotopic (exact) mass is 222 g/mol. The van der Waals surface area contributed by atoms with E-state index >= 15 is 0 Å².